The number of nitrogens with zero attached hydrogens (tertiary/aromatic N) is 2. The highest BCUT2D eigenvalue weighted by molar-refractivity contribution is 7.13. The van der Waals surface area contributed by atoms with Crippen LogP contribution in [0.2, 0.25) is 0 Å². The summed E-state index contributed by atoms with van der Waals surface area (Å²) in [6.45, 7) is 13.3. The maximum absolute atomic E-state index is 14.0. The molecule has 258 valence electrons. The summed E-state index contributed by atoms with van der Waals surface area (Å²) in [6, 6.07) is 13.3. The van der Waals surface area contributed by atoms with E-state index in [1.54, 1.807) is 44.2 Å². The lowest BCUT2D eigenvalue weighted by Crippen LogP contribution is -2.58. The Labute approximate surface area is 286 Å². The Kier molecular flexibility index (Phi) is 11.6. The van der Waals surface area contributed by atoms with Gasteiger partial charge in [-0.15, -0.1) is 11.3 Å². The van der Waals surface area contributed by atoms with Crippen molar-refractivity contribution < 1.29 is 29.0 Å². The van der Waals surface area contributed by atoms with Crippen LogP contribution in [0.15, 0.2) is 54.0 Å². The van der Waals surface area contributed by atoms with Gasteiger partial charge < -0.3 is 30.7 Å². The van der Waals surface area contributed by atoms with E-state index < -0.39 is 41.2 Å². The van der Waals surface area contributed by atoms with Crippen LogP contribution in [0.4, 0.5) is 4.79 Å². The second-order valence-electron chi connectivity index (χ2n) is 14.3. The van der Waals surface area contributed by atoms with Crippen molar-refractivity contribution in [3.63, 3.8) is 0 Å². The van der Waals surface area contributed by atoms with Crippen molar-refractivity contribution in [3.8, 4) is 10.4 Å². The summed E-state index contributed by atoms with van der Waals surface area (Å²) in [7, 11) is 0. The first-order valence-corrected chi connectivity index (χ1v) is 17.0. The minimum atomic E-state index is -0.939. The molecule has 11 nitrogen and oxygen atoms in total. The van der Waals surface area contributed by atoms with Crippen LogP contribution in [0.1, 0.15) is 70.3 Å². The minimum absolute atomic E-state index is 0.00500. The molecule has 0 saturated carbocycles. The first kappa shape index (κ1) is 36.5. The van der Waals surface area contributed by atoms with Crippen LogP contribution in [0.3, 0.4) is 0 Å². The van der Waals surface area contributed by atoms with Crippen LogP contribution in [0.5, 0.6) is 0 Å². The third kappa shape index (κ3) is 10.1. The van der Waals surface area contributed by atoms with E-state index in [4.69, 9.17) is 4.74 Å². The number of thiazole rings is 1. The van der Waals surface area contributed by atoms with E-state index >= 15 is 0 Å². The Hall–Kier alpha value is -4.29. The zero-order valence-corrected chi connectivity index (χ0v) is 29.6. The molecule has 1 saturated heterocycles. The highest BCUT2D eigenvalue weighted by atomic mass is 32.1. The smallest absolute Gasteiger partial charge is 0.407 e. The van der Waals surface area contributed by atoms with Crippen LogP contribution in [0.25, 0.3) is 10.4 Å². The molecule has 3 atom stereocenters. The summed E-state index contributed by atoms with van der Waals surface area (Å²) in [5.74, 6) is -1.15. The average Bonchev–Trinajstić information content (AvgIpc) is 3.61. The number of likely N-dealkylation sites (tertiary alicyclic amines) is 1. The van der Waals surface area contributed by atoms with Gasteiger partial charge >= 0.3 is 6.09 Å². The second kappa shape index (κ2) is 15.3. The molecule has 48 heavy (non-hydrogen) atoms. The van der Waals surface area contributed by atoms with Gasteiger partial charge in [0.25, 0.3) is 0 Å². The average molecular weight is 678 g/mol. The van der Waals surface area contributed by atoms with Crippen molar-refractivity contribution in [2.75, 3.05) is 6.54 Å². The van der Waals surface area contributed by atoms with E-state index in [2.05, 4.69) is 20.9 Å². The van der Waals surface area contributed by atoms with Crippen LogP contribution >= 0.6 is 11.3 Å². The van der Waals surface area contributed by atoms with Gasteiger partial charge in [-0.05, 0) is 55.4 Å². The van der Waals surface area contributed by atoms with Gasteiger partial charge in [-0.3, -0.25) is 14.4 Å². The van der Waals surface area contributed by atoms with E-state index in [1.807, 2.05) is 69.6 Å². The van der Waals surface area contributed by atoms with Crippen molar-refractivity contribution >= 4 is 35.2 Å². The lowest BCUT2D eigenvalue weighted by molar-refractivity contribution is -0.144. The monoisotopic (exact) mass is 677 g/mol. The molecule has 1 aliphatic heterocycles. The van der Waals surface area contributed by atoms with Crippen LogP contribution in [-0.2, 0) is 38.6 Å². The van der Waals surface area contributed by atoms with Crippen LogP contribution in [-0.4, -0.2) is 69.1 Å². The van der Waals surface area contributed by atoms with E-state index in [0.29, 0.717) is 5.56 Å². The van der Waals surface area contributed by atoms with Gasteiger partial charge in [0.2, 0.25) is 17.7 Å². The second-order valence-corrected chi connectivity index (χ2v) is 15.2. The number of alkyl carbamates (subject to hydrolysis) is 1. The minimum Gasteiger partial charge on any atom is -0.444 e. The van der Waals surface area contributed by atoms with Gasteiger partial charge in [0.1, 0.15) is 17.7 Å². The standard InChI is InChI=1S/C36H47N5O6S/c1-22-30(48-21-39-22)26-13-11-23(12-14-26)18-37-32(44)28-17-27(42)20-41(28)33(45)31(35(2,3)4)40-29(43)16-24-9-8-10-25(15-24)19-38-34(46)47-36(5,6)7/h8-15,21,27-28,31,42H,16-20H2,1-7H3,(H,37,44)(H,38,46)(H,40,43)/t27-,28+,31-/m1/s1. The van der Waals surface area contributed by atoms with Crippen molar-refractivity contribution in [2.24, 2.45) is 5.41 Å². The molecule has 0 bridgehead atoms. The Bertz CT molecular complexity index is 1610. The third-order valence-electron chi connectivity index (χ3n) is 7.90. The molecule has 2 aromatic carbocycles. The molecule has 3 aromatic rings. The van der Waals surface area contributed by atoms with Crippen LogP contribution in [0, 0.1) is 12.3 Å². The molecule has 4 rings (SSSR count). The summed E-state index contributed by atoms with van der Waals surface area (Å²) in [6.07, 6.45) is -1.28. The molecule has 4 N–H and O–H groups in total. The highest BCUT2D eigenvalue weighted by Gasteiger charge is 2.44. The fourth-order valence-corrected chi connectivity index (χ4v) is 6.33. The summed E-state index contributed by atoms with van der Waals surface area (Å²) < 4.78 is 5.28. The normalized spacial score (nSPS) is 17.0. The largest absolute Gasteiger partial charge is 0.444 e. The number of benzene rings is 2. The first-order valence-electron chi connectivity index (χ1n) is 16.1. The predicted molar refractivity (Wildman–Crippen MR) is 185 cm³/mol. The molecule has 0 radical (unpaired) electrons. The van der Waals surface area contributed by atoms with Crippen molar-refractivity contribution in [3.05, 3.63) is 76.4 Å². The number of β-amino-alcohol motifs (C(OH)–C–C–N with tert-alkyl or cyclic N) is 1. The number of aryl methyl sites for hydroxylation is 1. The molecule has 4 amide bonds. The molecule has 0 unspecified atom stereocenters. The molecule has 1 aliphatic rings. The predicted octanol–water partition coefficient (Wildman–Crippen LogP) is 4.49. The number of aliphatic hydroxyl groups is 1. The fraction of sp³-hybridized carbons (Fsp3) is 0.472. The lowest BCUT2D eigenvalue weighted by atomic mass is 9.85. The third-order valence-corrected chi connectivity index (χ3v) is 8.88. The van der Waals surface area contributed by atoms with Gasteiger partial charge in [0.05, 0.1) is 28.6 Å². The van der Waals surface area contributed by atoms with E-state index in [9.17, 15) is 24.3 Å². The van der Waals surface area contributed by atoms with E-state index in [0.717, 1.165) is 27.3 Å². The fourth-order valence-electron chi connectivity index (χ4n) is 5.52. The van der Waals surface area contributed by atoms with E-state index in [-0.39, 0.29) is 44.3 Å². The zero-order valence-electron chi connectivity index (χ0n) is 28.8. The van der Waals surface area contributed by atoms with Gasteiger partial charge in [-0.25, -0.2) is 9.78 Å². The highest BCUT2D eigenvalue weighted by Crippen LogP contribution is 2.28. The number of aliphatic hydroxyl groups excluding tert-OH is 1. The zero-order chi connectivity index (χ0) is 35.2. The van der Waals surface area contributed by atoms with Crippen molar-refractivity contribution in [2.45, 2.75) is 98.2 Å². The number of hydrogen-bond donors (Lipinski definition) is 4. The Morgan fingerprint density at radius 2 is 1.65 bits per heavy atom. The molecule has 1 fully saturated rings. The van der Waals surface area contributed by atoms with Crippen LogP contribution < -0.4 is 16.0 Å². The number of rotatable bonds is 10. The lowest BCUT2D eigenvalue weighted by Gasteiger charge is -2.35. The van der Waals surface area contributed by atoms with E-state index in [1.165, 1.54) is 4.90 Å². The quantitative estimate of drug-likeness (QED) is 0.247. The summed E-state index contributed by atoms with van der Waals surface area (Å²) >= 11 is 1.57. The summed E-state index contributed by atoms with van der Waals surface area (Å²) in [4.78, 5) is 59.4. The molecule has 0 spiro atoms. The molecule has 12 heteroatoms. The summed E-state index contributed by atoms with van der Waals surface area (Å²) in [5.41, 5.74) is 4.94. The molecule has 1 aromatic heterocycles. The topological polar surface area (TPSA) is 150 Å². The van der Waals surface area contributed by atoms with Crippen molar-refractivity contribution in [1.82, 2.24) is 25.8 Å². The van der Waals surface area contributed by atoms with Crippen molar-refractivity contribution in [1.29, 1.82) is 0 Å². The maximum atomic E-state index is 14.0. The number of aromatic nitrogens is 1. The van der Waals surface area contributed by atoms with Gasteiger partial charge in [-0.1, -0.05) is 69.3 Å². The molecular weight excluding hydrogens is 630 g/mol. The van der Waals surface area contributed by atoms with Gasteiger partial charge in [-0.2, -0.15) is 0 Å². The molecule has 2 heterocycles. The SMILES string of the molecule is Cc1ncsc1-c1ccc(CNC(=O)[C@@H]2C[C@@H](O)CN2C(=O)[C@@H](NC(=O)Cc2cccc(CNC(=O)OC(C)(C)C)c2)C(C)(C)C)cc1. The first-order chi connectivity index (χ1) is 22.5. The number of nitrogens with one attached hydrogen (secondary N) is 3. The summed E-state index contributed by atoms with van der Waals surface area (Å²) in [5, 5.41) is 19.0. The number of ether oxygens (including phenoxy) is 1. The number of carbonyl (C=O) groups is 4. The Morgan fingerprint density at radius 3 is 2.27 bits per heavy atom. The number of amides is 4. The Morgan fingerprint density at radius 1 is 0.979 bits per heavy atom. The number of carbonyl (C=O) groups excluding carboxylic acids is 4. The van der Waals surface area contributed by atoms with Gasteiger partial charge in [0.15, 0.2) is 0 Å². The Balaban J connectivity index is 1.37. The molecule has 0 aliphatic carbocycles. The van der Waals surface area contributed by atoms with Gasteiger partial charge in [0, 0.05) is 26.1 Å². The number of hydrogen-bond acceptors (Lipinski definition) is 8. The maximum Gasteiger partial charge on any atom is 0.407 e. The molecular formula is C36H47N5O6S.